The van der Waals surface area contributed by atoms with Gasteiger partial charge in [0.15, 0.2) is 0 Å². The molecule has 0 saturated heterocycles. The van der Waals surface area contributed by atoms with Gasteiger partial charge < -0.3 is 10.6 Å². The highest BCUT2D eigenvalue weighted by atomic mass is 79.9. The van der Waals surface area contributed by atoms with Gasteiger partial charge in [0.1, 0.15) is 11.6 Å². The summed E-state index contributed by atoms with van der Waals surface area (Å²) in [4.78, 5) is 11.6. The van der Waals surface area contributed by atoms with Crippen LogP contribution in [0.5, 0.6) is 0 Å². The quantitative estimate of drug-likeness (QED) is 0.800. The largest absolute Gasteiger partial charge is 0.335 e. The second-order valence-electron chi connectivity index (χ2n) is 4.33. The van der Waals surface area contributed by atoms with Crippen LogP contribution in [0, 0.1) is 11.6 Å². The molecule has 0 atom stereocenters. The number of urea groups is 1. The maximum absolute atomic E-state index is 13.5. The maximum Gasteiger partial charge on any atom is 0.319 e. The number of nitrogens with one attached hydrogen (secondary N) is 2. The van der Waals surface area contributed by atoms with E-state index in [4.69, 9.17) is 0 Å². The highest BCUT2D eigenvalue weighted by Crippen LogP contribution is 2.23. The SMILES string of the molecule is O=C(Nc1cc(F)c(Br)cc1F)NC1CCCC1. The van der Waals surface area contributed by atoms with Crippen molar-refractivity contribution in [3.8, 4) is 0 Å². The summed E-state index contributed by atoms with van der Waals surface area (Å²) in [6, 6.07) is 1.57. The molecule has 1 aromatic carbocycles. The highest BCUT2D eigenvalue weighted by molar-refractivity contribution is 9.10. The van der Waals surface area contributed by atoms with E-state index < -0.39 is 17.7 Å². The first kappa shape index (κ1) is 13.3. The van der Waals surface area contributed by atoms with Crippen LogP contribution in [0.25, 0.3) is 0 Å². The second kappa shape index (κ2) is 5.65. The monoisotopic (exact) mass is 318 g/mol. The van der Waals surface area contributed by atoms with Gasteiger partial charge in [0.25, 0.3) is 0 Å². The molecule has 2 rings (SSSR count). The molecule has 1 aliphatic rings. The van der Waals surface area contributed by atoms with E-state index in [0.717, 1.165) is 37.8 Å². The maximum atomic E-state index is 13.5. The smallest absolute Gasteiger partial charge is 0.319 e. The summed E-state index contributed by atoms with van der Waals surface area (Å²) < 4.78 is 26.7. The van der Waals surface area contributed by atoms with E-state index in [1.54, 1.807) is 0 Å². The van der Waals surface area contributed by atoms with Crippen molar-refractivity contribution in [3.05, 3.63) is 28.2 Å². The molecule has 1 fully saturated rings. The zero-order valence-corrected chi connectivity index (χ0v) is 11.2. The third kappa shape index (κ3) is 3.19. The van der Waals surface area contributed by atoms with Crippen molar-refractivity contribution in [2.45, 2.75) is 31.7 Å². The number of carbonyl (C=O) groups is 1. The van der Waals surface area contributed by atoms with Crippen molar-refractivity contribution < 1.29 is 13.6 Å². The standard InChI is InChI=1S/C12H13BrF2N2O/c13-8-5-10(15)11(6-9(8)14)17-12(18)16-7-3-1-2-4-7/h5-7H,1-4H2,(H2,16,17,18). The van der Waals surface area contributed by atoms with Crippen LogP contribution in [0.2, 0.25) is 0 Å². The zero-order chi connectivity index (χ0) is 13.1. The Hall–Kier alpha value is -1.17. The lowest BCUT2D eigenvalue weighted by atomic mass is 10.2. The summed E-state index contributed by atoms with van der Waals surface area (Å²) in [6.07, 6.45) is 4.05. The summed E-state index contributed by atoms with van der Waals surface area (Å²) in [5, 5.41) is 5.06. The lowest BCUT2D eigenvalue weighted by molar-refractivity contribution is 0.248. The van der Waals surface area contributed by atoms with Crippen LogP contribution < -0.4 is 10.6 Å². The minimum Gasteiger partial charge on any atom is -0.335 e. The lowest BCUT2D eigenvalue weighted by Gasteiger charge is -2.13. The number of hydrogen-bond donors (Lipinski definition) is 2. The van der Waals surface area contributed by atoms with Crippen LogP contribution in [0.4, 0.5) is 19.3 Å². The fourth-order valence-corrected chi connectivity index (χ4v) is 2.35. The van der Waals surface area contributed by atoms with Crippen molar-refractivity contribution in [1.82, 2.24) is 5.32 Å². The highest BCUT2D eigenvalue weighted by Gasteiger charge is 2.18. The summed E-state index contributed by atoms with van der Waals surface area (Å²) in [5.41, 5.74) is -0.161. The molecule has 18 heavy (non-hydrogen) atoms. The van der Waals surface area contributed by atoms with E-state index in [9.17, 15) is 13.6 Å². The van der Waals surface area contributed by atoms with Crippen molar-refractivity contribution >= 4 is 27.6 Å². The molecular formula is C12H13BrF2N2O. The molecule has 0 aromatic heterocycles. The molecule has 1 aromatic rings. The lowest BCUT2D eigenvalue weighted by Crippen LogP contribution is -2.36. The minimum absolute atomic E-state index is 0.0294. The van der Waals surface area contributed by atoms with Crippen LogP contribution in [-0.4, -0.2) is 12.1 Å². The normalized spacial score (nSPS) is 15.7. The number of halogens is 3. The molecule has 2 amide bonds. The van der Waals surface area contributed by atoms with Crippen molar-refractivity contribution in [2.24, 2.45) is 0 Å². The van der Waals surface area contributed by atoms with Gasteiger partial charge in [-0.05, 0) is 34.8 Å². The van der Waals surface area contributed by atoms with E-state index >= 15 is 0 Å². The number of hydrogen-bond acceptors (Lipinski definition) is 1. The average molecular weight is 319 g/mol. The van der Waals surface area contributed by atoms with Gasteiger partial charge in [-0.25, -0.2) is 13.6 Å². The topological polar surface area (TPSA) is 41.1 Å². The predicted molar refractivity (Wildman–Crippen MR) is 68.5 cm³/mol. The summed E-state index contributed by atoms with van der Waals surface area (Å²) >= 11 is 2.87. The van der Waals surface area contributed by atoms with Crippen molar-refractivity contribution in [3.63, 3.8) is 0 Å². The van der Waals surface area contributed by atoms with Gasteiger partial charge in [-0.1, -0.05) is 12.8 Å². The third-order valence-electron chi connectivity index (χ3n) is 2.95. The number of amides is 2. The van der Waals surface area contributed by atoms with Gasteiger partial charge in [0.05, 0.1) is 10.2 Å². The predicted octanol–water partition coefficient (Wildman–Crippen LogP) is 3.79. The zero-order valence-electron chi connectivity index (χ0n) is 9.60. The van der Waals surface area contributed by atoms with E-state index in [2.05, 4.69) is 26.6 Å². The molecular weight excluding hydrogens is 306 g/mol. The van der Waals surface area contributed by atoms with Crippen LogP contribution in [0.15, 0.2) is 16.6 Å². The first-order valence-electron chi connectivity index (χ1n) is 5.78. The average Bonchev–Trinajstić information content (AvgIpc) is 2.78. The van der Waals surface area contributed by atoms with E-state index in [1.165, 1.54) is 0 Å². The Balaban J connectivity index is 2.00. The summed E-state index contributed by atoms with van der Waals surface area (Å²) in [5.74, 6) is -1.29. The van der Waals surface area contributed by atoms with E-state index in [-0.39, 0.29) is 16.2 Å². The number of benzene rings is 1. The fourth-order valence-electron chi connectivity index (χ4n) is 2.03. The van der Waals surface area contributed by atoms with Crippen LogP contribution in [0.3, 0.4) is 0 Å². The molecule has 3 nitrogen and oxygen atoms in total. The second-order valence-corrected chi connectivity index (χ2v) is 5.18. The van der Waals surface area contributed by atoms with Crippen molar-refractivity contribution in [2.75, 3.05) is 5.32 Å². The Bertz CT molecular complexity index is 462. The van der Waals surface area contributed by atoms with Crippen LogP contribution in [-0.2, 0) is 0 Å². The molecule has 98 valence electrons. The Kier molecular flexibility index (Phi) is 4.16. The van der Waals surface area contributed by atoms with Gasteiger partial charge >= 0.3 is 6.03 Å². The van der Waals surface area contributed by atoms with Gasteiger partial charge in [0, 0.05) is 12.1 Å². The Morgan fingerprint density at radius 3 is 2.56 bits per heavy atom. The molecule has 1 aliphatic carbocycles. The molecule has 2 N–H and O–H groups in total. The van der Waals surface area contributed by atoms with E-state index in [1.807, 2.05) is 0 Å². The summed E-state index contributed by atoms with van der Waals surface area (Å²) in [7, 11) is 0. The Morgan fingerprint density at radius 1 is 1.22 bits per heavy atom. The number of carbonyl (C=O) groups excluding carboxylic acids is 1. The van der Waals surface area contributed by atoms with E-state index in [0.29, 0.717) is 0 Å². The van der Waals surface area contributed by atoms with Crippen molar-refractivity contribution in [1.29, 1.82) is 0 Å². The molecule has 0 unspecified atom stereocenters. The third-order valence-corrected chi connectivity index (χ3v) is 3.56. The molecule has 0 bridgehead atoms. The molecule has 1 saturated carbocycles. The minimum atomic E-state index is -0.676. The Labute approximate surface area is 112 Å². The first-order chi connectivity index (χ1) is 8.56. The Morgan fingerprint density at radius 2 is 1.89 bits per heavy atom. The molecule has 0 heterocycles. The number of rotatable bonds is 2. The number of anilines is 1. The fraction of sp³-hybridized carbons (Fsp3) is 0.417. The van der Waals surface area contributed by atoms with Crippen LogP contribution in [0.1, 0.15) is 25.7 Å². The van der Waals surface area contributed by atoms with Crippen LogP contribution >= 0.6 is 15.9 Å². The molecule has 0 radical (unpaired) electrons. The summed E-state index contributed by atoms with van der Waals surface area (Å²) in [6.45, 7) is 0. The van der Waals surface area contributed by atoms with Gasteiger partial charge in [-0.15, -0.1) is 0 Å². The first-order valence-corrected chi connectivity index (χ1v) is 6.57. The van der Waals surface area contributed by atoms with Gasteiger partial charge in [0.2, 0.25) is 0 Å². The molecule has 0 spiro atoms. The van der Waals surface area contributed by atoms with Gasteiger partial charge in [-0.2, -0.15) is 0 Å². The molecule has 0 aliphatic heterocycles. The van der Waals surface area contributed by atoms with Gasteiger partial charge in [-0.3, -0.25) is 0 Å². The molecule has 6 heteroatoms.